The Morgan fingerprint density at radius 2 is 1.93 bits per heavy atom. The molecule has 1 fully saturated rings. The van der Waals surface area contributed by atoms with Crippen LogP contribution in [0.25, 0.3) is 0 Å². The Hall–Kier alpha value is -2.18. The van der Waals surface area contributed by atoms with Crippen LogP contribution in [0.3, 0.4) is 0 Å². The summed E-state index contributed by atoms with van der Waals surface area (Å²) in [7, 11) is 3.85. The highest BCUT2D eigenvalue weighted by Gasteiger charge is 2.26. The Labute approximate surface area is 167 Å². The average Bonchev–Trinajstić information content (AvgIpc) is 3.14. The van der Waals surface area contributed by atoms with Gasteiger partial charge in [-0.1, -0.05) is 24.3 Å². The van der Waals surface area contributed by atoms with Gasteiger partial charge in [0.2, 0.25) is 5.76 Å². The number of likely N-dealkylation sites (tertiary alicyclic amines) is 1. The molecule has 2 aromatic rings. The van der Waals surface area contributed by atoms with Crippen LogP contribution in [0, 0.1) is 12.8 Å². The predicted molar refractivity (Wildman–Crippen MR) is 108 cm³/mol. The zero-order valence-electron chi connectivity index (χ0n) is 17.2. The summed E-state index contributed by atoms with van der Waals surface area (Å²) in [6, 6.07) is 8.94. The first kappa shape index (κ1) is 20.6. The molecule has 1 aromatic heterocycles. The molecule has 28 heavy (non-hydrogen) atoms. The molecule has 0 unspecified atom stereocenters. The van der Waals surface area contributed by atoms with Gasteiger partial charge in [0, 0.05) is 33.3 Å². The Bertz CT molecular complexity index is 749. The van der Waals surface area contributed by atoms with Gasteiger partial charge in [0.25, 0.3) is 5.91 Å². The number of benzene rings is 1. The van der Waals surface area contributed by atoms with Crippen molar-refractivity contribution in [1.29, 1.82) is 0 Å². The van der Waals surface area contributed by atoms with E-state index < -0.39 is 0 Å². The zero-order chi connectivity index (χ0) is 19.9. The lowest BCUT2D eigenvalue weighted by Gasteiger charge is -2.31. The molecule has 1 aromatic carbocycles. The number of piperidine rings is 1. The third kappa shape index (κ3) is 5.42. The number of aromatic nitrogens is 1. The Morgan fingerprint density at radius 1 is 1.25 bits per heavy atom. The Balaban J connectivity index is 1.45. The molecule has 1 aliphatic heterocycles. The highest BCUT2D eigenvalue weighted by atomic mass is 16.5. The summed E-state index contributed by atoms with van der Waals surface area (Å²) >= 11 is 0. The van der Waals surface area contributed by atoms with E-state index in [-0.39, 0.29) is 5.91 Å². The molecule has 6 nitrogen and oxygen atoms in total. The van der Waals surface area contributed by atoms with Crippen molar-refractivity contribution in [2.75, 3.05) is 40.4 Å². The van der Waals surface area contributed by atoms with Crippen LogP contribution in [0.4, 0.5) is 0 Å². The number of ether oxygens (including phenoxy) is 1. The summed E-state index contributed by atoms with van der Waals surface area (Å²) in [6.07, 6.45) is 4.47. The van der Waals surface area contributed by atoms with Crippen molar-refractivity contribution in [3.8, 4) is 0 Å². The molecule has 6 heteroatoms. The fraction of sp³-hybridized carbons (Fsp3) is 0.545. The van der Waals surface area contributed by atoms with Crippen LogP contribution >= 0.6 is 0 Å². The molecule has 1 saturated heterocycles. The van der Waals surface area contributed by atoms with E-state index in [1.54, 1.807) is 7.11 Å². The van der Waals surface area contributed by atoms with Gasteiger partial charge in [0.15, 0.2) is 6.39 Å². The second kappa shape index (κ2) is 9.85. The molecule has 0 aliphatic carbocycles. The van der Waals surface area contributed by atoms with Gasteiger partial charge in [0.1, 0.15) is 0 Å². The van der Waals surface area contributed by atoms with Gasteiger partial charge in [0.05, 0.1) is 12.3 Å². The number of aryl methyl sites for hydroxylation is 1. The monoisotopic (exact) mass is 385 g/mol. The molecule has 2 heterocycles. The zero-order valence-corrected chi connectivity index (χ0v) is 17.2. The lowest BCUT2D eigenvalue weighted by Crippen LogP contribution is -2.39. The number of carbonyl (C=O) groups is 1. The maximum Gasteiger partial charge on any atom is 0.291 e. The van der Waals surface area contributed by atoms with E-state index in [0.29, 0.717) is 17.4 Å². The van der Waals surface area contributed by atoms with Crippen molar-refractivity contribution in [3.63, 3.8) is 0 Å². The number of amides is 1. The Kier molecular flexibility index (Phi) is 7.23. The van der Waals surface area contributed by atoms with Gasteiger partial charge in [-0.3, -0.25) is 9.69 Å². The number of hydrogen-bond donors (Lipinski definition) is 0. The van der Waals surface area contributed by atoms with E-state index in [0.717, 1.165) is 52.0 Å². The molecule has 0 bridgehead atoms. The molecule has 0 radical (unpaired) electrons. The largest absolute Gasteiger partial charge is 0.438 e. The molecule has 0 N–H and O–H groups in total. The maximum atomic E-state index is 12.5. The van der Waals surface area contributed by atoms with Crippen molar-refractivity contribution in [1.82, 2.24) is 14.8 Å². The standard InChI is InChI=1S/C22H31N3O3/c1-17-21(28-16-23-17)22(26)25-10-8-19(9-11-25)14-18-4-6-20(7-5-18)15-24(2)12-13-27-3/h4-7,16,19H,8-15H2,1-3H3. The summed E-state index contributed by atoms with van der Waals surface area (Å²) in [5.41, 5.74) is 3.37. The molecular weight excluding hydrogens is 354 g/mol. The summed E-state index contributed by atoms with van der Waals surface area (Å²) < 4.78 is 10.4. The van der Waals surface area contributed by atoms with Crippen LogP contribution in [-0.2, 0) is 17.7 Å². The minimum Gasteiger partial charge on any atom is -0.438 e. The second-order valence-corrected chi connectivity index (χ2v) is 7.75. The van der Waals surface area contributed by atoms with E-state index in [1.165, 1.54) is 17.5 Å². The third-order valence-electron chi connectivity index (χ3n) is 5.52. The average molecular weight is 386 g/mol. The van der Waals surface area contributed by atoms with E-state index in [1.807, 2.05) is 11.8 Å². The highest BCUT2D eigenvalue weighted by Crippen LogP contribution is 2.23. The Morgan fingerprint density at radius 3 is 2.54 bits per heavy atom. The number of rotatable bonds is 8. The molecule has 0 atom stereocenters. The number of nitrogens with zero attached hydrogens (tertiary/aromatic N) is 3. The van der Waals surface area contributed by atoms with Crippen molar-refractivity contribution < 1.29 is 13.9 Å². The fourth-order valence-electron chi connectivity index (χ4n) is 3.74. The summed E-state index contributed by atoms with van der Waals surface area (Å²) in [4.78, 5) is 20.7. The molecule has 1 amide bonds. The smallest absolute Gasteiger partial charge is 0.291 e. The maximum absolute atomic E-state index is 12.5. The van der Waals surface area contributed by atoms with Crippen molar-refractivity contribution in [3.05, 3.63) is 53.2 Å². The first-order valence-corrected chi connectivity index (χ1v) is 10.0. The van der Waals surface area contributed by atoms with Crippen LogP contribution in [0.5, 0.6) is 0 Å². The van der Waals surface area contributed by atoms with Crippen LogP contribution in [-0.4, -0.2) is 61.1 Å². The fourth-order valence-corrected chi connectivity index (χ4v) is 3.74. The van der Waals surface area contributed by atoms with Crippen LogP contribution in [0.15, 0.2) is 35.1 Å². The topological polar surface area (TPSA) is 58.8 Å². The molecule has 3 rings (SSSR count). The van der Waals surface area contributed by atoms with E-state index >= 15 is 0 Å². The molecule has 152 valence electrons. The van der Waals surface area contributed by atoms with Crippen molar-refractivity contribution >= 4 is 5.91 Å². The minimum absolute atomic E-state index is 0.0320. The number of oxazole rings is 1. The summed E-state index contributed by atoms with van der Waals surface area (Å²) in [5.74, 6) is 0.968. The number of methoxy groups -OCH3 is 1. The quantitative estimate of drug-likeness (QED) is 0.699. The van der Waals surface area contributed by atoms with Gasteiger partial charge in [-0.15, -0.1) is 0 Å². The molecular formula is C22H31N3O3. The normalized spacial score (nSPS) is 15.4. The van der Waals surface area contributed by atoms with E-state index in [9.17, 15) is 4.79 Å². The first-order valence-electron chi connectivity index (χ1n) is 10.0. The van der Waals surface area contributed by atoms with Gasteiger partial charge >= 0.3 is 0 Å². The highest BCUT2D eigenvalue weighted by molar-refractivity contribution is 5.92. The van der Waals surface area contributed by atoms with Gasteiger partial charge < -0.3 is 14.1 Å². The SMILES string of the molecule is COCCN(C)Cc1ccc(CC2CCN(C(=O)c3ocnc3C)CC2)cc1. The van der Waals surface area contributed by atoms with E-state index in [2.05, 4.69) is 41.2 Å². The lowest BCUT2D eigenvalue weighted by molar-refractivity contribution is 0.0657. The summed E-state index contributed by atoms with van der Waals surface area (Å²) in [6.45, 7) is 6.00. The lowest BCUT2D eigenvalue weighted by atomic mass is 9.90. The van der Waals surface area contributed by atoms with Crippen molar-refractivity contribution in [2.24, 2.45) is 5.92 Å². The molecule has 0 saturated carbocycles. The first-order chi connectivity index (χ1) is 13.6. The number of likely N-dealkylation sites (N-methyl/N-ethyl adjacent to an activating group) is 1. The number of hydrogen-bond acceptors (Lipinski definition) is 5. The molecule has 1 aliphatic rings. The number of carbonyl (C=O) groups excluding carboxylic acids is 1. The van der Waals surface area contributed by atoms with Crippen LogP contribution < -0.4 is 0 Å². The van der Waals surface area contributed by atoms with Gasteiger partial charge in [-0.05, 0) is 50.3 Å². The summed E-state index contributed by atoms with van der Waals surface area (Å²) in [5, 5.41) is 0. The van der Waals surface area contributed by atoms with Crippen LogP contribution in [0.2, 0.25) is 0 Å². The third-order valence-corrected chi connectivity index (χ3v) is 5.52. The van der Waals surface area contributed by atoms with Crippen LogP contribution in [0.1, 0.15) is 40.2 Å². The second-order valence-electron chi connectivity index (χ2n) is 7.75. The van der Waals surface area contributed by atoms with Crippen molar-refractivity contribution in [2.45, 2.75) is 32.7 Å². The molecule has 0 spiro atoms. The predicted octanol–water partition coefficient (Wildman–Crippen LogP) is 3.16. The van der Waals surface area contributed by atoms with Gasteiger partial charge in [-0.2, -0.15) is 0 Å². The van der Waals surface area contributed by atoms with Gasteiger partial charge in [-0.25, -0.2) is 4.98 Å². The van der Waals surface area contributed by atoms with E-state index in [4.69, 9.17) is 9.15 Å². The minimum atomic E-state index is -0.0320.